The van der Waals surface area contributed by atoms with Gasteiger partial charge in [0.25, 0.3) is 0 Å². The number of ether oxygens (including phenoxy) is 4. The molecule has 9 N–H and O–H groups in total. The van der Waals surface area contributed by atoms with E-state index in [1.54, 1.807) is 0 Å². The number of allylic oxidation sites excluding steroid dienone is 20. The third-order valence-corrected chi connectivity index (χ3v) is 14.7. The van der Waals surface area contributed by atoms with Crippen LogP contribution in [0.5, 0.6) is 0 Å². The van der Waals surface area contributed by atoms with Gasteiger partial charge in [0.15, 0.2) is 12.6 Å². The largest absolute Gasteiger partial charge is 0.394 e. The fourth-order valence-corrected chi connectivity index (χ4v) is 9.62. The van der Waals surface area contributed by atoms with Crippen LogP contribution < -0.4 is 5.32 Å². The van der Waals surface area contributed by atoms with E-state index in [9.17, 15) is 45.6 Å². The summed E-state index contributed by atoms with van der Waals surface area (Å²) in [5, 5.41) is 87.3. The second-order valence-corrected chi connectivity index (χ2v) is 21.8. The standard InChI is InChI=1S/C68H113NO13/c1-3-5-7-9-11-13-15-17-19-20-21-22-23-24-25-26-27-28-29-30-31-32-33-34-35-36-38-40-42-44-46-48-50-52-60(73)69-56(57(72)51-49-47-45-43-41-39-37-18-16-14-12-10-8-6-4-2)55-79-67-65(78)63(76)66(59(54-71)81-67)82-68-64(77)62(75)61(74)58(53-70)80-68/h5,7,11,13,17,19,21-22,24-25,27-28,30-31,33-34,36,38,42,44,56-59,61-68,70-72,74-78H,3-4,6,8-10,12,14-16,18,20,23,26,29,32,35,37,39-41,43,45-55H2,1-2H3,(H,69,73)/b7-5-,13-11-,19-17-,22-21-,25-24-,28-27-,31-30-,34-33-,38-36-,44-42-. The van der Waals surface area contributed by atoms with Crippen LogP contribution in [-0.4, -0.2) is 140 Å². The highest BCUT2D eigenvalue weighted by Gasteiger charge is 2.51. The molecule has 0 saturated carbocycles. The first-order valence-corrected chi connectivity index (χ1v) is 31.8. The van der Waals surface area contributed by atoms with Gasteiger partial charge in [-0.05, 0) is 89.9 Å². The van der Waals surface area contributed by atoms with Crippen LogP contribution in [0.15, 0.2) is 122 Å². The average Bonchev–Trinajstić information content (AvgIpc) is 3.60. The minimum atomic E-state index is -1.79. The van der Waals surface area contributed by atoms with E-state index in [-0.39, 0.29) is 18.9 Å². The number of aliphatic hydroxyl groups excluding tert-OH is 8. The van der Waals surface area contributed by atoms with Crippen LogP contribution in [0, 0.1) is 0 Å². The molecule has 2 saturated heterocycles. The second kappa shape index (κ2) is 51.8. The van der Waals surface area contributed by atoms with Crippen LogP contribution >= 0.6 is 0 Å². The van der Waals surface area contributed by atoms with Gasteiger partial charge >= 0.3 is 0 Å². The molecule has 82 heavy (non-hydrogen) atoms. The maximum atomic E-state index is 13.3. The SMILES string of the molecule is CC/C=C\C/C=C\C/C=C\C/C=C\C/C=C\C/C=C\C/C=C\C/C=C\C/C=C\C/C=C\CCCCC(=O)NC(COC1OC(CO)C(OC2OC(CO)C(O)C(O)C2O)C(O)C1O)C(O)CCCCCCCCCCCCCCCCC. The number of nitrogens with one attached hydrogen (secondary N) is 1. The van der Waals surface area contributed by atoms with Crippen molar-refractivity contribution in [2.24, 2.45) is 0 Å². The Balaban J connectivity index is 1.72. The second-order valence-electron chi connectivity index (χ2n) is 21.8. The monoisotopic (exact) mass is 1150 g/mol. The topological polar surface area (TPSA) is 228 Å². The summed E-state index contributed by atoms with van der Waals surface area (Å²) < 4.78 is 22.8. The normalized spacial score (nSPS) is 24.8. The summed E-state index contributed by atoms with van der Waals surface area (Å²) in [6, 6.07) is -0.861. The summed E-state index contributed by atoms with van der Waals surface area (Å²) in [6.07, 6.45) is 57.7. The summed E-state index contributed by atoms with van der Waals surface area (Å²) in [5.74, 6) is -0.254. The van der Waals surface area contributed by atoms with Gasteiger partial charge in [-0.3, -0.25) is 4.79 Å². The Hall–Kier alpha value is -3.61. The number of hydrogen-bond acceptors (Lipinski definition) is 13. The van der Waals surface area contributed by atoms with Gasteiger partial charge in [0, 0.05) is 6.42 Å². The molecule has 14 nitrogen and oxygen atoms in total. The molecule has 0 spiro atoms. The van der Waals surface area contributed by atoms with Gasteiger partial charge < -0.3 is 65.1 Å². The number of hydrogen-bond donors (Lipinski definition) is 9. The van der Waals surface area contributed by atoms with Gasteiger partial charge in [-0.1, -0.05) is 232 Å². The van der Waals surface area contributed by atoms with E-state index < -0.39 is 86.8 Å². The summed E-state index contributed by atoms with van der Waals surface area (Å²) in [4.78, 5) is 13.3. The molecule has 0 aliphatic carbocycles. The molecule has 468 valence electrons. The molecule has 1 amide bonds. The zero-order valence-corrected chi connectivity index (χ0v) is 50.4. The van der Waals surface area contributed by atoms with Crippen LogP contribution in [0.3, 0.4) is 0 Å². The number of unbranched alkanes of at least 4 members (excludes halogenated alkanes) is 16. The quantitative estimate of drug-likeness (QED) is 0.0204. The van der Waals surface area contributed by atoms with Crippen LogP contribution in [0.4, 0.5) is 0 Å². The maximum Gasteiger partial charge on any atom is 0.220 e. The van der Waals surface area contributed by atoms with Gasteiger partial charge in [-0.15, -0.1) is 0 Å². The van der Waals surface area contributed by atoms with Crippen molar-refractivity contribution in [3.8, 4) is 0 Å². The Morgan fingerprint density at radius 3 is 1.27 bits per heavy atom. The maximum absolute atomic E-state index is 13.3. The molecule has 2 heterocycles. The lowest BCUT2D eigenvalue weighted by Gasteiger charge is -2.46. The number of amides is 1. The van der Waals surface area contributed by atoms with Crippen molar-refractivity contribution in [3.05, 3.63) is 122 Å². The number of carbonyl (C=O) groups excluding carboxylic acids is 1. The van der Waals surface area contributed by atoms with Crippen molar-refractivity contribution in [3.63, 3.8) is 0 Å². The highest BCUT2D eigenvalue weighted by atomic mass is 16.7. The predicted octanol–water partition coefficient (Wildman–Crippen LogP) is 11.8. The molecule has 2 rings (SSSR count). The summed E-state index contributed by atoms with van der Waals surface area (Å²) in [7, 11) is 0. The third kappa shape index (κ3) is 36.3. The fraction of sp³-hybridized carbons (Fsp3) is 0.691. The average molecular weight is 1150 g/mol. The van der Waals surface area contributed by atoms with Crippen molar-refractivity contribution in [2.45, 2.75) is 280 Å². The van der Waals surface area contributed by atoms with E-state index >= 15 is 0 Å². The van der Waals surface area contributed by atoms with Crippen molar-refractivity contribution < 1.29 is 64.6 Å². The Kier molecular flexibility index (Phi) is 47.0. The highest BCUT2D eigenvalue weighted by molar-refractivity contribution is 5.76. The predicted molar refractivity (Wildman–Crippen MR) is 332 cm³/mol. The van der Waals surface area contributed by atoms with E-state index in [4.69, 9.17) is 18.9 Å². The first-order valence-electron chi connectivity index (χ1n) is 31.8. The molecule has 2 aliphatic rings. The van der Waals surface area contributed by atoms with Crippen molar-refractivity contribution in [1.29, 1.82) is 0 Å². The molecule has 0 radical (unpaired) electrons. The molecule has 12 unspecified atom stereocenters. The fourth-order valence-electron chi connectivity index (χ4n) is 9.62. The van der Waals surface area contributed by atoms with Crippen molar-refractivity contribution >= 4 is 5.91 Å². The van der Waals surface area contributed by atoms with Gasteiger partial charge in [0.05, 0.1) is 32.0 Å². The van der Waals surface area contributed by atoms with Gasteiger partial charge in [-0.2, -0.15) is 0 Å². The molecule has 12 atom stereocenters. The van der Waals surface area contributed by atoms with Crippen LogP contribution in [0.2, 0.25) is 0 Å². The van der Waals surface area contributed by atoms with Gasteiger partial charge in [-0.25, -0.2) is 0 Å². The Labute approximate surface area is 495 Å². The lowest BCUT2D eigenvalue weighted by Crippen LogP contribution is -2.65. The molecule has 2 fully saturated rings. The van der Waals surface area contributed by atoms with Crippen molar-refractivity contribution in [1.82, 2.24) is 5.32 Å². The van der Waals surface area contributed by atoms with Crippen LogP contribution in [0.1, 0.15) is 206 Å². The van der Waals surface area contributed by atoms with E-state index in [0.717, 1.165) is 103 Å². The molecule has 0 aromatic carbocycles. The lowest BCUT2D eigenvalue weighted by atomic mass is 9.97. The molecular formula is C68H113NO13. The minimum Gasteiger partial charge on any atom is -0.394 e. The smallest absolute Gasteiger partial charge is 0.220 e. The van der Waals surface area contributed by atoms with E-state index in [1.165, 1.54) is 70.6 Å². The zero-order chi connectivity index (χ0) is 59.5. The van der Waals surface area contributed by atoms with Gasteiger partial charge in [0.2, 0.25) is 5.91 Å². The summed E-state index contributed by atoms with van der Waals surface area (Å²) in [6.45, 7) is 2.70. The summed E-state index contributed by atoms with van der Waals surface area (Å²) >= 11 is 0. The molecular weight excluding hydrogens is 1040 g/mol. The number of rotatable bonds is 49. The van der Waals surface area contributed by atoms with Crippen LogP contribution in [0.25, 0.3) is 0 Å². The Morgan fingerprint density at radius 2 is 0.841 bits per heavy atom. The van der Waals surface area contributed by atoms with Crippen molar-refractivity contribution in [2.75, 3.05) is 19.8 Å². The summed E-state index contributed by atoms with van der Waals surface area (Å²) in [5.41, 5.74) is 0. The third-order valence-electron chi connectivity index (χ3n) is 14.7. The first-order chi connectivity index (χ1) is 40.1. The number of carbonyl (C=O) groups is 1. The minimum absolute atomic E-state index is 0.241. The molecule has 0 aromatic heterocycles. The molecule has 14 heteroatoms. The number of aliphatic hydroxyl groups is 8. The molecule has 0 aromatic rings. The highest BCUT2D eigenvalue weighted by Crippen LogP contribution is 2.30. The Morgan fingerprint density at radius 1 is 0.451 bits per heavy atom. The van der Waals surface area contributed by atoms with E-state index in [2.05, 4.69) is 141 Å². The molecule has 0 bridgehead atoms. The lowest BCUT2D eigenvalue weighted by molar-refractivity contribution is -0.359. The van der Waals surface area contributed by atoms with E-state index in [1.807, 2.05) is 0 Å². The Bertz CT molecular complexity index is 1840. The molecule has 2 aliphatic heterocycles. The first kappa shape index (κ1) is 74.5. The van der Waals surface area contributed by atoms with Crippen LogP contribution in [-0.2, 0) is 23.7 Å². The zero-order valence-electron chi connectivity index (χ0n) is 50.4. The van der Waals surface area contributed by atoms with E-state index in [0.29, 0.717) is 12.8 Å². The van der Waals surface area contributed by atoms with Gasteiger partial charge in [0.1, 0.15) is 48.8 Å².